The Morgan fingerprint density at radius 3 is 2.36 bits per heavy atom. The summed E-state index contributed by atoms with van der Waals surface area (Å²) in [7, 11) is -1.85. The molecule has 0 atom stereocenters. The molecule has 0 saturated heterocycles. The molecular formula is C16H17N3O2S. The van der Waals surface area contributed by atoms with Crippen molar-refractivity contribution in [2.24, 2.45) is 7.05 Å². The number of sulfonamides is 1. The zero-order valence-corrected chi connectivity index (χ0v) is 13.5. The van der Waals surface area contributed by atoms with E-state index in [-0.39, 0.29) is 4.90 Å². The van der Waals surface area contributed by atoms with E-state index in [1.165, 1.54) is 0 Å². The molecule has 0 aliphatic heterocycles. The predicted octanol–water partition coefficient (Wildman–Crippen LogP) is 2.99. The fourth-order valence-electron chi connectivity index (χ4n) is 2.45. The van der Waals surface area contributed by atoms with Crippen LogP contribution in [0.4, 0.5) is 5.69 Å². The summed E-state index contributed by atoms with van der Waals surface area (Å²) in [6.45, 7) is 3.61. The summed E-state index contributed by atoms with van der Waals surface area (Å²) in [5, 5.41) is 6.13. The summed E-state index contributed by atoms with van der Waals surface area (Å²) in [5.74, 6) is 0. The predicted molar refractivity (Wildman–Crippen MR) is 87.4 cm³/mol. The number of hydrogen-bond donors (Lipinski definition) is 1. The van der Waals surface area contributed by atoms with Gasteiger partial charge in [0.25, 0.3) is 10.0 Å². The van der Waals surface area contributed by atoms with E-state index in [1.807, 2.05) is 37.3 Å². The molecule has 2 aromatic carbocycles. The van der Waals surface area contributed by atoms with Gasteiger partial charge in [0.05, 0.1) is 22.0 Å². The Morgan fingerprint density at radius 1 is 1.05 bits per heavy atom. The van der Waals surface area contributed by atoms with Crippen LogP contribution in [0.3, 0.4) is 0 Å². The van der Waals surface area contributed by atoms with Crippen molar-refractivity contribution in [3.8, 4) is 0 Å². The molecule has 0 bridgehead atoms. The molecule has 0 unspecified atom stereocenters. The molecule has 0 radical (unpaired) electrons. The molecule has 0 aliphatic rings. The molecule has 0 saturated carbocycles. The Morgan fingerprint density at radius 2 is 1.73 bits per heavy atom. The van der Waals surface area contributed by atoms with Crippen LogP contribution in [0.25, 0.3) is 10.8 Å². The molecule has 3 rings (SSSR count). The van der Waals surface area contributed by atoms with E-state index in [9.17, 15) is 8.42 Å². The Labute approximate surface area is 129 Å². The Kier molecular flexibility index (Phi) is 3.41. The number of fused-ring (bicyclic) bond motifs is 1. The van der Waals surface area contributed by atoms with Gasteiger partial charge in [0, 0.05) is 7.05 Å². The summed E-state index contributed by atoms with van der Waals surface area (Å²) in [5.41, 5.74) is 1.97. The highest BCUT2D eigenvalue weighted by molar-refractivity contribution is 7.92. The van der Waals surface area contributed by atoms with Crippen LogP contribution in [0.5, 0.6) is 0 Å². The van der Waals surface area contributed by atoms with Crippen molar-refractivity contribution in [3.63, 3.8) is 0 Å². The molecule has 1 N–H and O–H groups in total. The number of anilines is 1. The second-order valence-corrected chi connectivity index (χ2v) is 6.97. The van der Waals surface area contributed by atoms with E-state index in [0.29, 0.717) is 11.4 Å². The lowest BCUT2D eigenvalue weighted by atomic mass is 10.1. The third-order valence-electron chi connectivity index (χ3n) is 3.78. The quantitative estimate of drug-likeness (QED) is 0.808. The van der Waals surface area contributed by atoms with Crippen LogP contribution < -0.4 is 4.72 Å². The van der Waals surface area contributed by atoms with Crippen molar-refractivity contribution < 1.29 is 8.42 Å². The first-order valence-electron chi connectivity index (χ1n) is 6.90. The van der Waals surface area contributed by atoms with Crippen LogP contribution in [-0.2, 0) is 17.1 Å². The molecule has 0 amide bonds. The topological polar surface area (TPSA) is 64.0 Å². The van der Waals surface area contributed by atoms with Gasteiger partial charge in [0.1, 0.15) is 0 Å². The highest BCUT2D eigenvalue weighted by atomic mass is 32.2. The average Bonchev–Trinajstić information content (AvgIpc) is 2.73. The maximum Gasteiger partial charge on any atom is 0.262 e. The number of aryl methyl sites for hydroxylation is 2. The van der Waals surface area contributed by atoms with E-state index in [1.54, 1.807) is 30.8 Å². The molecule has 22 heavy (non-hydrogen) atoms. The van der Waals surface area contributed by atoms with Gasteiger partial charge < -0.3 is 0 Å². The molecule has 0 aliphatic carbocycles. The number of hydrogen-bond acceptors (Lipinski definition) is 3. The lowest BCUT2D eigenvalue weighted by Gasteiger charge is -2.09. The van der Waals surface area contributed by atoms with Gasteiger partial charge in [-0.15, -0.1) is 0 Å². The summed E-state index contributed by atoms with van der Waals surface area (Å²) in [4.78, 5) is 0.244. The van der Waals surface area contributed by atoms with Crippen molar-refractivity contribution >= 4 is 26.5 Å². The van der Waals surface area contributed by atoms with Crippen molar-refractivity contribution in [1.29, 1.82) is 0 Å². The molecule has 0 spiro atoms. The average molecular weight is 315 g/mol. The van der Waals surface area contributed by atoms with Gasteiger partial charge in [-0.05, 0) is 36.8 Å². The van der Waals surface area contributed by atoms with E-state index in [0.717, 1.165) is 16.5 Å². The van der Waals surface area contributed by atoms with Crippen molar-refractivity contribution in [1.82, 2.24) is 9.78 Å². The maximum absolute atomic E-state index is 12.6. The van der Waals surface area contributed by atoms with Gasteiger partial charge in [-0.3, -0.25) is 9.40 Å². The van der Waals surface area contributed by atoms with Gasteiger partial charge in [-0.1, -0.05) is 30.3 Å². The highest BCUT2D eigenvalue weighted by Crippen LogP contribution is 2.24. The molecule has 1 heterocycles. The van der Waals surface area contributed by atoms with Crippen LogP contribution >= 0.6 is 0 Å². The van der Waals surface area contributed by atoms with Crippen molar-refractivity contribution in [3.05, 3.63) is 53.9 Å². The first-order valence-corrected chi connectivity index (χ1v) is 8.38. The first-order chi connectivity index (χ1) is 10.4. The lowest BCUT2D eigenvalue weighted by Crippen LogP contribution is -2.14. The molecule has 5 nitrogen and oxygen atoms in total. The second kappa shape index (κ2) is 5.14. The largest absolute Gasteiger partial charge is 0.276 e. The minimum absolute atomic E-state index is 0.244. The van der Waals surface area contributed by atoms with E-state index in [2.05, 4.69) is 9.82 Å². The van der Waals surface area contributed by atoms with Crippen LogP contribution in [0.2, 0.25) is 0 Å². The third kappa shape index (κ3) is 2.46. The molecule has 1 aromatic heterocycles. The van der Waals surface area contributed by atoms with Gasteiger partial charge >= 0.3 is 0 Å². The number of nitrogens with zero attached hydrogens (tertiary/aromatic N) is 2. The Bertz CT molecular complexity index is 959. The lowest BCUT2D eigenvalue weighted by molar-refractivity contribution is 0.601. The zero-order valence-electron chi connectivity index (χ0n) is 12.7. The third-order valence-corrected chi connectivity index (χ3v) is 5.12. The highest BCUT2D eigenvalue weighted by Gasteiger charge is 2.19. The maximum atomic E-state index is 12.6. The van der Waals surface area contributed by atoms with Gasteiger partial charge in [-0.2, -0.15) is 5.10 Å². The first kappa shape index (κ1) is 14.6. The van der Waals surface area contributed by atoms with Crippen LogP contribution in [0.15, 0.2) is 47.4 Å². The Hall–Kier alpha value is -2.34. The van der Waals surface area contributed by atoms with E-state index < -0.39 is 10.0 Å². The summed E-state index contributed by atoms with van der Waals surface area (Å²) >= 11 is 0. The minimum Gasteiger partial charge on any atom is -0.276 e. The van der Waals surface area contributed by atoms with E-state index >= 15 is 0 Å². The zero-order chi connectivity index (χ0) is 15.9. The Balaban J connectivity index is 2.04. The SMILES string of the molecule is Cc1nn(C)c(C)c1NS(=O)(=O)c1ccc2ccccc2c1. The van der Waals surface area contributed by atoms with Gasteiger partial charge in [-0.25, -0.2) is 8.42 Å². The monoisotopic (exact) mass is 315 g/mol. The van der Waals surface area contributed by atoms with Gasteiger partial charge in [0.15, 0.2) is 0 Å². The number of rotatable bonds is 3. The summed E-state index contributed by atoms with van der Waals surface area (Å²) < 4.78 is 29.5. The minimum atomic E-state index is -3.64. The standard InChI is InChI=1S/C16H17N3O2S/c1-11-16(12(2)19(3)17-11)18-22(20,21)15-9-8-13-6-4-5-7-14(13)10-15/h4-10,18H,1-3H3. The van der Waals surface area contributed by atoms with Crippen molar-refractivity contribution in [2.45, 2.75) is 18.7 Å². The van der Waals surface area contributed by atoms with Crippen LogP contribution in [0, 0.1) is 13.8 Å². The molecular weight excluding hydrogens is 298 g/mol. The fourth-order valence-corrected chi connectivity index (χ4v) is 3.66. The molecule has 114 valence electrons. The smallest absolute Gasteiger partial charge is 0.262 e. The number of nitrogens with one attached hydrogen (secondary N) is 1. The normalized spacial score (nSPS) is 11.8. The number of aromatic nitrogens is 2. The number of benzene rings is 2. The van der Waals surface area contributed by atoms with Crippen molar-refractivity contribution in [2.75, 3.05) is 4.72 Å². The van der Waals surface area contributed by atoms with Crippen LogP contribution in [-0.4, -0.2) is 18.2 Å². The van der Waals surface area contributed by atoms with Crippen LogP contribution in [0.1, 0.15) is 11.4 Å². The molecule has 0 fully saturated rings. The molecule has 6 heteroatoms. The summed E-state index contributed by atoms with van der Waals surface area (Å²) in [6, 6.07) is 12.8. The second-order valence-electron chi connectivity index (χ2n) is 5.28. The van der Waals surface area contributed by atoms with E-state index in [4.69, 9.17) is 0 Å². The molecule has 3 aromatic rings. The fraction of sp³-hybridized carbons (Fsp3) is 0.188. The summed E-state index contributed by atoms with van der Waals surface area (Å²) in [6.07, 6.45) is 0. The van der Waals surface area contributed by atoms with Gasteiger partial charge in [0.2, 0.25) is 0 Å².